The molecule has 11 heteroatoms. The average molecular weight is 422 g/mol. The number of β-lactam (4-membered cyclic amide) rings is 1. The van der Waals surface area contributed by atoms with E-state index in [4.69, 9.17) is 0 Å². The standard InChI is InChI=1S/C17H18N2O6S.2Na/c1-17(2)11(16(24)25)19-13(21)10(14(19)26-17)18-12(20)9(15(22)23)8-6-4-3-5-7-8;;/h3-7,9-11,14H,1-2H3,(H,18,20)(H,22,23)(H,24,25);;/q;2*+1/p-2/t9-,10+,11-,14+;;/m0../s1. The number of hydrogen-bond acceptors (Lipinski definition) is 7. The van der Waals surface area contributed by atoms with Crippen LogP contribution in [0.3, 0.4) is 0 Å². The minimum absolute atomic E-state index is 0. The molecule has 1 aromatic carbocycles. The number of amides is 2. The van der Waals surface area contributed by atoms with E-state index in [1.165, 1.54) is 28.8 Å². The topological polar surface area (TPSA) is 130 Å². The number of thioether (sulfide) groups is 1. The number of rotatable bonds is 5. The van der Waals surface area contributed by atoms with Crippen LogP contribution in [-0.2, 0) is 19.2 Å². The van der Waals surface area contributed by atoms with E-state index in [1.54, 1.807) is 32.0 Å². The first-order chi connectivity index (χ1) is 12.1. The summed E-state index contributed by atoms with van der Waals surface area (Å²) in [5.41, 5.74) is 0.237. The molecule has 0 unspecified atom stereocenters. The fourth-order valence-electron chi connectivity index (χ4n) is 3.40. The molecule has 4 atom stereocenters. The normalized spacial score (nSPS) is 25.3. The molecule has 2 aliphatic heterocycles. The Morgan fingerprint density at radius 3 is 2.21 bits per heavy atom. The molecule has 0 radical (unpaired) electrons. The maximum atomic E-state index is 12.5. The second-order valence-electron chi connectivity index (χ2n) is 6.73. The first-order valence-corrected chi connectivity index (χ1v) is 8.80. The number of carboxylic acids is 2. The first-order valence-electron chi connectivity index (χ1n) is 7.92. The van der Waals surface area contributed by atoms with Gasteiger partial charge in [0.05, 0.1) is 18.0 Å². The Hall–Kier alpha value is -0.550. The maximum Gasteiger partial charge on any atom is 1.00 e. The van der Waals surface area contributed by atoms with Crippen LogP contribution in [0.25, 0.3) is 0 Å². The van der Waals surface area contributed by atoms with Gasteiger partial charge in [0.25, 0.3) is 0 Å². The van der Waals surface area contributed by atoms with Crippen molar-refractivity contribution in [2.45, 2.75) is 42.0 Å². The molecule has 3 rings (SSSR count). The molecule has 0 saturated carbocycles. The van der Waals surface area contributed by atoms with Gasteiger partial charge in [0.1, 0.15) is 17.3 Å². The second-order valence-corrected chi connectivity index (χ2v) is 8.50. The number of nitrogens with one attached hydrogen (secondary N) is 1. The van der Waals surface area contributed by atoms with Gasteiger partial charge < -0.3 is 30.0 Å². The van der Waals surface area contributed by atoms with Crippen molar-refractivity contribution >= 4 is 35.5 Å². The van der Waals surface area contributed by atoms with Gasteiger partial charge in [-0.3, -0.25) is 9.59 Å². The quantitative estimate of drug-likeness (QED) is 0.283. The van der Waals surface area contributed by atoms with Crippen molar-refractivity contribution in [3.05, 3.63) is 35.9 Å². The maximum absolute atomic E-state index is 12.5. The van der Waals surface area contributed by atoms with Gasteiger partial charge in [-0.2, -0.15) is 0 Å². The fourth-order valence-corrected chi connectivity index (χ4v) is 5.02. The van der Waals surface area contributed by atoms with Crippen molar-refractivity contribution in [3.8, 4) is 0 Å². The molecule has 2 amide bonds. The van der Waals surface area contributed by atoms with Gasteiger partial charge in [-0.1, -0.05) is 30.3 Å². The van der Waals surface area contributed by atoms with Crippen LogP contribution in [-0.4, -0.2) is 50.9 Å². The number of hydrogen-bond donors (Lipinski definition) is 1. The summed E-state index contributed by atoms with van der Waals surface area (Å²) >= 11 is 1.23. The number of carbonyl (C=O) groups excluding carboxylic acids is 4. The number of aliphatic carboxylic acids is 2. The summed E-state index contributed by atoms with van der Waals surface area (Å²) in [6.07, 6.45) is 0. The van der Waals surface area contributed by atoms with E-state index in [-0.39, 0.29) is 64.7 Å². The molecule has 138 valence electrons. The van der Waals surface area contributed by atoms with Crippen LogP contribution >= 0.6 is 11.8 Å². The molecule has 0 aliphatic carbocycles. The second kappa shape index (κ2) is 9.51. The summed E-state index contributed by atoms with van der Waals surface area (Å²) in [7, 11) is 0. The van der Waals surface area contributed by atoms with Crippen LogP contribution in [0.2, 0.25) is 0 Å². The van der Waals surface area contributed by atoms with E-state index < -0.39 is 51.9 Å². The third kappa shape index (κ3) is 4.45. The SMILES string of the molecule is CC1(C)S[C@@H]2[C@H](NC(=O)[C@@H](C(=O)[O-])c3ccccc3)C(=O)N2[C@H]1C(=O)[O-].[Na+].[Na+]. The fraction of sp³-hybridized carbons (Fsp3) is 0.412. The van der Waals surface area contributed by atoms with Gasteiger partial charge in [-0.25, -0.2) is 0 Å². The van der Waals surface area contributed by atoms with Crippen molar-refractivity contribution in [2.24, 2.45) is 0 Å². The van der Waals surface area contributed by atoms with E-state index in [9.17, 15) is 29.4 Å². The predicted octanol–water partition coefficient (Wildman–Crippen LogP) is -8.17. The van der Waals surface area contributed by atoms with Crippen molar-refractivity contribution in [1.29, 1.82) is 0 Å². The van der Waals surface area contributed by atoms with Crippen molar-refractivity contribution < 1.29 is 88.5 Å². The molecule has 0 spiro atoms. The van der Waals surface area contributed by atoms with Gasteiger partial charge in [0.15, 0.2) is 0 Å². The van der Waals surface area contributed by atoms with E-state index in [2.05, 4.69) is 5.32 Å². The molecule has 1 N–H and O–H groups in total. The Morgan fingerprint density at radius 1 is 1.14 bits per heavy atom. The van der Waals surface area contributed by atoms with Gasteiger partial charge in [-0.15, -0.1) is 11.8 Å². The van der Waals surface area contributed by atoms with Gasteiger partial charge >= 0.3 is 59.1 Å². The number of carbonyl (C=O) groups is 4. The number of fused-ring (bicyclic) bond motifs is 1. The summed E-state index contributed by atoms with van der Waals surface area (Å²) in [5.74, 6) is -5.94. The molecular formula is C17H16N2Na2O6S. The monoisotopic (exact) mass is 422 g/mol. The third-order valence-corrected chi connectivity index (χ3v) is 6.16. The molecule has 1 aromatic rings. The average Bonchev–Trinajstić information content (AvgIpc) is 2.82. The van der Waals surface area contributed by atoms with Crippen molar-refractivity contribution in [1.82, 2.24) is 10.2 Å². The predicted molar refractivity (Wildman–Crippen MR) is 87.2 cm³/mol. The minimum Gasteiger partial charge on any atom is -0.549 e. The van der Waals surface area contributed by atoms with Crippen LogP contribution in [0.4, 0.5) is 0 Å². The Morgan fingerprint density at radius 2 is 1.71 bits per heavy atom. The molecule has 2 heterocycles. The molecule has 0 bridgehead atoms. The van der Waals surface area contributed by atoms with Crippen molar-refractivity contribution in [3.63, 3.8) is 0 Å². The zero-order valence-corrected chi connectivity index (χ0v) is 20.8. The third-order valence-electron chi connectivity index (χ3n) is 4.59. The minimum atomic E-state index is -1.58. The summed E-state index contributed by atoms with van der Waals surface area (Å²) in [5, 5.41) is 24.6. The zero-order chi connectivity index (χ0) is 19.2. The zero-order valence-electron chi connectivity index (χ0n) is 16.0. The van der Waals surface area contributed by atoms with Gasteiger partial charge in [0.2, 0.25) is 11.8 Å². The summed E-state index contributed by atoms with van der Waals surface area (Å²) < 4.78 is -0.786. The van der Waals surface area contributed by atoms with E-state index >= 15 is 0 Å². The van der Waals surface area contributed by atoms with Crippen LogP contribution in [0.15, 0.2) is 30.3 Å². The van der Waals surface area contributed by atoms with E-state index in [0.29, 0.717) is 0 Å². The number of carboxylic acid groups (broad SMARTS) is 2. The van der Waals surface area contributed by atoms with Gasteiger partial charge in [-0.05, 0) is 19.4 Å². The van der Waals surface area contributed by atoms with Crippen LogP contribution in [0.1, 0.15) is 25.3 Å². The van der Waals surface area contributed by atoms with Crippen LogP contribution in [0.5, 0.6) is 0 Å². The Bertz CT molecular complexity index is 791. The summed E-state index contributed by atoms with van der Waals surface area (Å²) in [4.78, 5) is 48.8. The molecular weight excluding hydrogens is 406 g/mol. The Balaban J connectivity index is 0.00000196. The van der Waals surface area contributed by atoms with E-state index in [1.807, 2.05) is 0 Å². The molecule has 28 heavy (non-hydrogen) atoms. The van der Waals surface area contributed by atoms with Crippen LogP contribution < -0.4 is 74.6 Å². The summed E-state index contributed by atoms with van der Waals surface area (Å²) in [6, 6.07) is 5.73. The largest absolute Gasteiger partial charge is 1.00 e. The van der Waals surface area contributed by atoms with Gasteiger partial charge in [0, 0.05) is 4.75 Å². The molecule has 2 aliphatic rings. The molecule has 2 saturated heterocycles. The van der Waals surface area contributed by atoms with Crippen LogP contribution in [0, 0.1) is 0 Å². The smallest absolute Gasteiger partial charge is 0.549 e. The molecule has 8 nitrogen and oxygen atoms in total. The number of benzene rings is 1. The van der Waals surface area contributed by atoms with Crippen molar-refractivity contribution in [2.75, 3.05) is 0 Å². The Labute approximate surface area is 210 Å². The van der Waals surface area contributed by atoms with E-state index in [0.717, 1.165) is 0 Å². The molecule has 2 fully saturated rings. The Kier molecular flexibility index (Phi) is 8.65. The first kappa shape index (κ1) is 25.5. The summed E-state index contributed by atoms with van der Waals surface area (Å²) in [6.45, 7) is 3.35. The molecule has 0 aromatic heterocycles. The number of nitrogens with zero attached hydrogens (tertiary/aromatic N) is 1.